The predicted octanol–water partition coefficient (Wildman–Crippen LogP) is 4.88. The third kappa shape index (κ3) is 2.80. The third-order valence-electron chi connectivity index (χ3n) is 2.97. The van der Waals surface area contributed by atoms with E-state index in [0.29, 0.717) is 27.1 Å². The standard InChI is InChI=1S/C15H11BrClN3O/c1-18-15-19-8-11(16)14(20-15)21-13-7-6-12(17)9-4-2-3-5-10(9)13/h2-8H,1H3,(H,18,19,20). The van der Waals surface area contributed by atoms with E-state index in [1.165, 1.54) is 0 Å². The SMILES string of the molecule is CNc1ncc(Br)c(Oc2ccc(Cl)c3ccccc23)n1. The number of aromatic nitrogens is 2. The Hall–Kier alpha value is -1.85. The Bertz CT molecular complexity index is 810. The molecule has 0 radical (unpaired) electrons. The summed E-state index contributed by atoms with van der Waals surface area (Å²) in [5.74, 6) is 1.63. The van der Waals surface area contributed by atoms with Crippen LogP contribution in [0.1, 0.15) is 0 Å². The van der Waals surface area contributed by atoms with Crippen molar-refractivity contribution in [1.29, 1.82) is 0 Å². The van der Waals surface area contributed by atoms with E-state index in [2.05, 4.69) is 31.2 Å². The van der Waals surface area contributed by atoms with Gasteiger partial charge in [0.1, 0.15) is 5.75 Å². The van der Waals surface area contributed by atoms with Gasteiger partial charge in [-0.15, -0.1) is 0 Å². The zero-order chi connectivity index (χ0) is 14.8. The number of rotatable bonds is 3. The summed E-state index contributed by atoms with van der Waals surface area (Å²) in [6.45, 7) is 0. The number of ether oxygens (including phenoxy) is 1. The van der Waals surface area contributed by atoms with Gasteiger partial charge in [-0.1, -0.05) is 35.9 Å². The maximum Gasteiger partial charge on any atom is 0.238 e. The van der Waals surface area contributed by atoms with E-state index in [0.717, 1.165) is 10.8 Å². The number of hydrogen-bond acceptors (Lipinski definition) is 4. The van der Waals surface area contributed by atoms with Crippen molar-refractivity contribution in [3.63, 3.8) is 0 Å². The molecule has 0 unspecified atom stereocenters. The van der Waals surface area contributed by atoms with Crippen LogP contribution in [0.25, 0.3) is 10.8 Å². The largest absolute Gasteiger partial charge is 0.437 e. The number of benzene rings is 2. The monoisotopic (exact) mass is 363 g/mol. The van der Waals surface area contributed by atoms with Gasteiger partial charge < -0.3 is 10.1 Å². The molecule has 1 heterocycles. The molecule has 2 aromatic carbocycles. The van der Waals surface area contributed by atoms with Crippen molar-refractivity contribution in [3.05, 3.63) is 52.1 Å². The van der Waals surface area contributed by atoms with E-state index < -0.39 is 0 Å². The van der Waals surface area contributed by atoms with Crippen LogP contribution in [0.15, 0.2) is 47.1 Å². The first-order valence-corrected chi connectivity index (χ1v) is 7.41. The molecule has 1 aromatic heterocycles. The molecular weight excluding hydrogens is 354 g/mol. The van der Waals surface area contributed by atoms with E-state index >= 15 is 0 Å². The second-order valence-corrected chi connectivity index (χ2v) is 5.55. The zero-order valence-corrected chi connectivity index (χ0v) is 13.4. The van der Waals surface area contributed by atoms with Crippen molar-refractivity contribution >= 4 is 44.3 Å². The van der Waals surface area contributed by atoms with Gasteiger partial charge in [0.25, 0.3) is 0 Å². The Kier molecular flexibility index (Phi) is 3.94. The van der Waals surface area contributed by atoms with Gasteiger partial charge in [0.05, 0.1) is 10.7 Å². The Labute approximate surface area is 135 Å². The lowest BCUT2D eigenvalue weighted by molar-refractivity contribution is 0.464. The number of fused-ring (bicyclic) bond motifs is 1. The van der Waals surface area contributed by atoms with Crippen LogP contribution in [0.5, 0.6) is 11.6 Å². The number of anilines is 1. The maximum atomic E-state index is 6.21. The molecule has 0 aliphatic rings. The Morgan fingerprint density at radius 2 is 1.90 bits per heavy atom. The van der Waals surface area contributed by atoms with E-state index in [1.54, 1.807) is 13.2 Å². The predicted molar refractivity (Wildman–Crippen MR) is 88.3 cm³/mol. The van der Waals surface area contributed by atoms with Gasteiger partial charge in [-0.3, -0.25) is 0 Å². The molecule has 21 heavy (non-hydrogen) atoms. The van der Waals surface area contributed by atoms with Gasteiger partial charge in [-0.2, -0.15) is 4.98 Å². The molecule has 4 nitrogen and oxygen atoms in total. The normalized spacial score (nSPS) is 10.6. The van der Waals surface area contributed by atoms with Crippen molar-refractivity contribution in [2.24, 2.45) is 0 Å². The lowest BCUT2D eigenvalue weighted by Crippen LogP contribution is -1.98. The van der Waals surface area contributed by atoms with Crippen molar-refractivity contribution < 1.29 is 4.74 Å². The first kappa shape index (κ1) is 14.1. The minimum Gasteiger partial charge on any atom is -0.437 e. The minimum absolute atomic E-state index is 0.446. The summed E-state index contributed by atoms with van der Waals surface area (Å²) < 4.78 is 6.60. The van der Waals surface area contributed by atoms with Crippen molar-refractivity contribution in [1.82, 2.24) is 9.97 Å². The first-order chi connectivity index (χ1) is 10.2. The van der Waals surface area contributed by atoms with Crippen LogP contribution in [0, 0.1) is 0 Å². The Balaban J connectivity index is 2.08. The zero-order valence-electron chi connectivity index (χ0n) is 11.1. The highest BCUT2D eigenvalue weighted by Crippen LogP contribution is 2.35. The molecule has 0 saturated carbocycles. The van der Waals surface area contributed by atoms with Crippen LogP contribution in [0.2, 0.25) is 5.02 Å². The highest BCUT2D eigenvalue weighted by atomic mass is 79.9. The van der Waals surface area contributed by atoms with Gasteiger partial charge in [0.2, 0.25) is 11.8 Å². The fraction of sp³-hybridized carbons (Fsp3) is 0.0667. The van der Waals surface area contributed by atoms with Crippen LogP contribution in [-0.4, -0.2) is 17.0 Å². The number of nitrogens with zero attached hydrogens (tertiary/aromatic N) is 2. The lowest BCUT2D eigenvalue weighted by atomic mass is 10.1. The van der Waals surface area contributed by atoms with Crippen molar-refractivity contribution in [2.75, 3.05) is 12.4 Å². The molecule has 1 N–H and O–H groups in total. The molecule has 0 aliphatic heterocycles. The molecule has 3 rings (SSSR count). The van der Waals surface area contributed by atoms with Gasteiger partial charge in [-0.05, 0) is 28.1 Å². The molecule has 0 spiro atoms. The van der Waals surface area contributed by atoms with Crippen LogP contribution >= 0.6 is 27.5 Å². The molecule has 0 aliphatic carbocycles. The second-order valence-electron chi connectivity index (χ2n) is 4.29. The summed E-state index contributed by atoms with van der Waals surface area (Å²) in [6.07, 6.45) is 1.65. The Morgan fingerprint density at radius 3 is 2.67 bits per heavy atom. The number of nitrogens with one attached hydrogen (secondary N) is 1. The fourth-order valence-electron chi connectivity index (χ4n) is 1.97. The smallest absolute Gasteiger partial charge is 0.238 e. The van der Waals surface area contributed by atoms with Crippen molar-refractivity contribution in [2.45, 2.75) is 0 Å². The highest BCUT2D eigenvalue weighted by Gasteiger charge is 2.10. The molecule has 6 heteroatoms. The summed E-state index contributed by atoms with van der Waals surface area (Å²) in [6, 6.07) is 11.5. The number of halogens is 2. The number of hydrogen-bond donors (Lipinski definition) is 1. The van der Waals surface area contributed by atoms with Gasteiger partial charge in [0, 0.05) is 22.8 Å². The van der Waals surface area contributed by atoms with E-state index in [-0.39, 0.29) is 0 Å². The molecule has 0 bridgehead atoms. The van der Waals surface area contributed by atoms with Crippen molar-refractivity contribution in [3.8, 4) is 11.6 Å². The molecule has 0 saturated heterocycles. The molecule has 0 fully saturated rings. The summed E-state index contributed by atoms with van der Waals surface area (Å²) in [7, 11) is 1.75. The molecular formula is C15H11BrClN3O. The average Bonchev–Trinajstić information content (AvgIpc) is 2.52. The highest BCUT2D eigenvalue weighted by molar-refractivity contribution is 9.10. The molecule has 0 atom stereocenters. The molecule has 0 amide bonds. The molecule has 106 valence electrons. The van der Waals surface area contributed by atoms with Gasteiger partial charge in [-0.25, -0.2) is 4.98 Å². The maximum absolute atomic E-state index is 6.21. The van der Waals surface area contributed by atoms with Gasteiger partial charge >= 0.3 is 0 Å². The summed E-state index contributed by atoms with van der Waals surface area (Å²) in [4.78, 5) is 8.40. The van der Waals surface area contributed by atoms with E-state index in [1.807, 2.05) is 36.4 Å². The van der Waals surface area contributed by atoms with Crippen LogP contribution in [-0.2, 0) is 0 Å². The summed E-state index contributed by atoms with van der Waals surface area (Å²) in [5.41, 5.74) is 0. The summed E-state index contributed by atoms with van der Waals surface area (Å²) >= 11 is 9.60. The quantitative estimate of drug-likeness (QED) is 0.719. The lowest BCUT2D eigenvalue weighted by Gasteiger charge is -2.11. The molecule has 3 aromatic rings. The van der Waals surface area contributed by atoms with E-state index in [4.69, 9.17) is 16.3 Å². The van der Waals surface area contributed by atoms with Crippen LogP contribution in [0.3, 0.4) is 0 Å². The average molecular weight is 365 g/mol. The van der Waals surface area contributed by atoms with Crippen LogP contribution < -0.4 is 10.1 Å². The third-order valence-corrected chi connectivity index (χ3v) is 3.85. The van der Waals surface area contributed by atoms with Gasteiger partial charge in [0.15, 0.2) is 0 Å². The summed E-state index contributed by atoms with van der Waals surface area (Å²) in [5, 5.41) is 5.45. The second kappa shape index (κ2) is 5.87. The topological polar surface area (TPSA) is 47.0 Å². The fourth-order valence-corrected chi connectivity index (χ4v) is 2.47. The Morgan fingerprint density at radius 1 is 1.14 bits per heavy atom. The minimum atomic E-state index is 0.446. The first-order valence-electron chi connectivity index (χ1n) is 6.24. The van der Waals surface area contributed by atoms with Crippen LogP contribution in [0.4, 0.5) is 5.95 Å². The van der Waals surface area contributed by atoms with E-state index in [9.17, 15) is 0 Å².